The summed E-state index contributed by atoms with van der Waals surface area (Å²) in [7, 11) is 0. The molecule has 2 fully saturated rings. The minimum atomic E-state index is -0.546. The van der Waals surface area contributed by atoms with E-state index in [1.165, 1.54) is 6.07 Å². The average molecular weight is 276 g/mol. The molecule has 0 aromatic heterocycles. The van der Waals surface area contributed by atoms with E-state index >= 15 is 0 Å². The molecule has 0 aliphatic carbocycles. The molecule has 0 saturated carbocycles. The normalized spacial score (nSPS) is 23.6. The molecule has 0 radical (unpaired) electrons. The maximum Gasteiger partial charge on any atom is 0.170 e. The van der Waals surface area contributed by atoms with Gasteiger partial charge in [0, 0.05) is 31.5 Å². The Morgan fingerprint density at radius 1 is 1.20 bits per heavy atom. The summed E-state index contributed by atoms with van der Waals surface area (Å²) >= 11 is 0. The first-order valence-electron chi connectivity index (χ1n) is 6.90. The minimum absolute atomic E-state index is 0.326. The number of rotatable bonds is 2. The highest BCUT2D eigenvalue weighted by Gasteiger charge is 2.41. The van der Waals surface area contributed by atoms with Crippen LogP contribution in [0, 0.1) is 17.1 Å². The standard InChI is InChI=1S/C15H17FN2O2/c16-13-4-2-1-3-12(13)14(11-17)18-7-5-15(6-8-18)19-9-10-20-15/h1-4,14H,5-10H2. The zero-order valence-electron chi connectivity index (χ0n) is 11.2. The maximum atomic E-state index is 13.8. The summed E-state index contributed by atoms with van der Waals surface area (Å²) < 4.78 is 25.2. The molecule has 5 heteroatoms. The molecule has 1 aromatic rings. The van der Waals surface area contributed by atoms with E-state index in [1.807, 2.05) is 4.90 Å². The van der Waals surface area contributed by atoms with Gasteiger partial charge in [-0.15, -0.1) is 0 Å². The van der Waals surface area contributed by atoms with E-state index in [-0.39, 0.29) is 5.82 Å². The topological polar surface area (TPSA) is 45.5 Å². The molecule has 1 aromatic carbocycles. The third kappa shape index (κ3) is 2.42. The number of nitriles is 1. The van der Waals surface area contributed by atoms with Gasteiger partial charge in [0.15, 0.2) is 5.79 Å². The number of halogens is 1. The SMILES string of the molecule is N#CC(c1ccccc1F)N1CCC2(CC1)OCCO2. The van der Waals surface area contributed by atoms with Gasteiger partial charge in [0.2, 0.25) is 0 Å². The minimum Gasteiger partial charge on any atom is -0.347 e. The number of piperidine rings is 1. The molecule has 0 bridgehead atoms. The van der Waals surface area contributed by atoms with Crippen LogP contribution in [0.1, 0.15) is 24.4 Å². The first-order chi connectivity index (χ1) is 9.74. The number of nitrogens with zero attached hydrogens (tertiary/aromatic N) is 2. The molecular weight excluding hydrogens is 259 g/mol. The Morgan fingerprint density at radius 2 is 1.85 bits per heavy atom. The molecule has 3 rings (SSSR count). The van der Waals surface area contributed by atoms with Gasteiger partial charge in [0.05, 0.1) is 19.3 Å². The molecule has 1 atom stereocenters. The Balaban J connectivity index is 1.73. The van der Waals surface area contributed by atoms with Crippen molar-refractivity contribution in [2.75, 3.05) is 26.3 Å². The Morgan fingerprint density at radius 3 is 2.45 bits per heavy atom. The van der Waals surface area contributed by atoms with Crippen LogP contribution in [0.4, 0.5) is 4.39 Å². The highest BCUT2D eigenvalue weighted by atomic mass is 19.1. The summed E-state index contributed by atoms with van der Waals surface area (Å²) in [5, 5.41) is 9.39. The first kappa shape index (κ1) is 13.5. The molecule has 1 unspecified atom stereocenters. The van der Waals surface area contributed by atoms with Gasteiger partial charge in [-0.25, -0.2) is 4.39 Å². The molecule has 1 spiro atoms. The fourth-order valence-electron chi connectivity index (χ4n) is 2.95. The van der Waals surface area contributed by atoms with Crippen molar-refractivity contribution in [1.82, 2.24) is 4.90 Å². The number of hydrogen-bond donors (Lipinski definition) is 0. The summed E-state index contributed by atoms with van der Waals surface area (Å²) in [5.74, 6) is -0.793. The maximum absolute atomic E-state index is 13.8. The van der Waals surface area contributed by atoms with Gasteiger partial charge in [-0.2, -0.15) is 5.26 Å². The lowest BCUT2D eigenvalue weighted by molar-refractivity contribution is -0.186. The molecule has 2 aliphatic rings. The number of benzene rings is 1. The largest absolute Gasteiger partial charge is 0.347 e. The Kier molecular flexibility index (Phi) is 3.70. The van der Waals surface area contributed by atoms with Crippen LogP contribution < -0.4 is 0 Å². The predicted molar refractivity (Wildman–Crippen MR) is 70.2 cm³/mol. The van der Waals surface area contributed by atoms with Crippen LogP contribution in [0.3, 0.4) is 0 Å². The fourth-order valence-corrected chi connectivity index (χ4v) is 2.95. The van der Waals surface area contributed by atoms with Crippen LogP contribution in [0.5, 0.6) is 0 Å². The highest BCUT2D eigenvalue weighted by molar-refractivity contribution is 5.26. The quantitative estimate of drug-likeness (QED) is 0.831. The van der Waals surface area contributed by atoms with Crippen molar-refractivity contribution in [3.05, 3.63) is 35.6 Å². The summed E-state index contributed by atoms with van der Waals surface area (Å²) in [6.45, 7) is 2.61. The fraction of sp³-hybridized carbons (Fsp3) is 0.533. The van der Waals surface area contributed by atoms with Crippen molar-refractivity contribution >= 4 is 0 Å². The Bertz CT molecular complexity index is 513. The number of ether oxygens (including phenoxy) is 2. The second kappa shape index (κ2) is 5.49. The molecule has 106 valence electrons. The molecule has 2 saturated heterocycles. The van der Waals surface area contributed by atoms with E-state index in [1.54, 1.807) is 18.2 Å². The van der Waals surface area contributed by atoms with Crippen LogP contribution >= 0.6 is 0 Å². The number of hydrogen-bond acceptors (Lipinski definition) is 4. The molecule has 2 heterocycles. The summed E-state index contributed by atoms with van der Waals surface area (Å²) in [6, 6.07) is 8.14. The molecule has 20 heavy (non-hydrogen) atoms. The third-order valence-electron chi connectivity index (χ3n) is 4.06. The number of likely N-dealkylation sites (tertiary alicyclic amines) is 1. The van der Waals surface area contributed by atoms with E-state index in [0.29, 0.717) is 31.9 Å². The lowest BCUT2D eigenvalue weighted by atomic mass is 9.99. The van der Waals surface area contributed by atoms with E-state index in [4.69, 9.17) is 9.47 Å². The second-order valence-electron chi connectivity index (χ2n) is 5.20. The van der Waals surface area contributed by atoms with E-state index in [0.717, 1.165) is 12.8 Å². The van der Waals surface area contributed by atoms with Crippen LogP contribution in [0.2, 0.25) is 0 Å². The zero-order valence-corrected chi connectivity index (χ0v) is 11.2. The van der Waals surface area contributed by atoms with Crippen molar-refractivity contribution in [3.63, 3.8) is 0 Å². The predicted octanol–water partition coefficient (Wildman–Crippen LogP) is 2.23. The van der Waals surface area contributed by atoms with Crippen LogP contribution in [-0.2, 0) is 9.47 Å². The van der Waals surface area contributed by atoms with E-state index in [9.17, 15) is 9.65 Å². The van der Waals surface area contributed by atoms with Crippen molar-refractivity contribution in [1.29, 1.82) is 5.26 Å². The average Bonchev–Trinajstić information content (AvgIpc) is 2.92. The lowest BCUT2D eigenvalue weighted by Crippen LogP contribution is -2.46. The van der Waals surface area contributed by atoms with E-state index in [2.05, 4.69) is 6.07 Å². The smallest absolute Gasteiger partial charge is 0.170 e. The summed E-state index contributed by atoms with van der Waals surface area (Å²) in [5.41, 5.74) is 0.444. The van der Waals surface area contributed by atoms with Gasteiger partial charge in [0.1, 0.15) is 11.9 Å². The van der Waals surface area contributed by atoms with Crippen LogP contribution in [0.25, 0.3) is 0 Å². The zero-order chi connectivity index (χ0) is 14.0. The van der Waals surface area contributed by atoms with Gasteiger partial charge in [-0.05, 0) is 6.07 Å². The highest BCUT2D eigenvalue weighted by Crippen LogP contribution is 2.34. The van der Waals surface area contributed by atoms with Crippen molar-refractivity contribution in [3.8, 4) is 6.07 Å². The molecule has 2 aliphatic heterocycles. The van der Waals surface area contributed by atoms with Crippen molar-refractivity contribution < 1.29 is 13.9 Å². The van der Waals surface area contributed by atoms with Gasteiger partial charge in [-0.1, -0.05) is 18.2 Å². The van der Waals surface area contributed by atoms with Gasteiger partial charge in [0.25, 0.3) is 0 Å². The molecule has 4 nitrogen and oxygen atoms in total. The summed E-state index contributed by atoms with van der Waals surface area (Å²) in [4.78, 5) is 1.99. The molecule has 0 amide bonds. The Labute approximate surface area is 117 Å². The third-order valence-corrected chi connectivity index (χ3v) is 4.06. The monoisotopic (exact) mass is 276 g/mol. The van der Waals surface area contributed by atoms with Gasteiger partial charge in [-0.3, -0.25) is 4.90 Å². The lowest BCUT2D eigenvalue weighted by Gasteiger charge is -2.39. The van der Waals surface area contributed by atoms with Crippen molar-refractivity contribution in [2.24, 2.45) is 0 Å². The molecular formula is C15H17FN2O2. The second-order valence-corrected chi connectivity index (χ2v) is 5.20. The van der Waals surface area contributed by atoms with Gasteiger partial charge < -0.3 is 9.47 Å². The Hall–Kier alpha value is -1.48. The van der Waals surface area contributed by atoms with Gasteiger partial charge >= 0.3 is 0 Å². The van der Waals surface area contributed by atoms with Crippen molar-refractivity contribution in [2.45, 2.75) is 24.7 Å². The molecule has 0 N–H and O–H groups in total. The summed E-state index contributed by atoms with van der Waals surface area (Å²) in [6.07, 6.45) is 1.44. The van der Waals surface area contributed by atoms with Crippen LogP contribution in [0.15, 0.2) is 24.3 Å². The van der Waals surface area contributed by atoms with E-state index < -0.39 is 11.8 Å². The van der Waals surface area contributed by atoms with Crippen LogP contribution in [-0.4, -0.2) is 37.0 Å². The first-order valence-corrected chi connectivity index (χ1v) is 6.90.